The molecule has 0 bridgehead atoms. The molecule has 122 valence electrons. The van der Waals surface area contributed by atoms with Crippen molar-refractivity contribution < 1.29 is 32.2 Å². The summed E-state index contributed by atoms with van der Waals surface area (Å²) in [6.07, 6.45) is -4.94. The number of amides is 2. The zero-order chi connectivity index (χ0) is 16.8. The quantitative estimate of drug-likeness (QED) is 0.770. The largest absolute Gasteiger partial charge is 0.493 e. The van der Waals surface area contributed by atoms with E-state index in [-0.39, 0.29) is 24.4 Å². The normalized spacial score (nSPS) is 10.8. The highest BCUT2D eigenvalue weighted by atomic mass is 19.4. The fourth-order valence-electron chi connectivity index (χ4n) is 1.61. The molecule has 0 aliphatic rings. The number of ether oxygens (including phenoxy) is 2. The predicted molar refractivity (Wildman–Crippen MR) is 70.9 cm³/mol. The zero-order valence-electron chi connectivity index (χ0n) is 11.9. The Balaban J connectivity index is 2.58. The topological polar surface area (TPSA) is 76.7 Å². The Kier molecular flexibility index (Phi) is 6.02. The molecule has 0 aliphatic heterocycles. The molecule has 6 nitrogen and oxygen atoms in total. The van der Waals surface area contributed by atoms with Crippen molar-refractivity contribution in [1.29, 1.82) is 0 Å². The molecule has 1 aromatic rings. The van der Waals surface area contributed by atoms with Gasteiger partial charge in [-0.2, -0.15) is 13.2 Å². The number of para-hydroxylation sites is 1. The van der Waals surface area contributed by atoms with E-state index in [1.54, 1.807) is 17.4 Å². The van der Waals surface area contributed by atoms with Gasteiger partial charge < -0.3 is 20.1 Å². The van der Waals surface area contributed by atoms with Crippen LogP contribution < -0.4 is 20.1 Å². The minimum absolute atomic E-state index is 0.166. The minimum atomic E-state index is -4.94. The van der Waals surface area contributed by atoms with Gasteiger partial charge in [0.25, 0.3) is 5.91 Å². The van der Waals surface area contributed by atoms with Gasteiger partial charge in [0.1, 0.15) is 0 Å². The molecule has 0 saturated heterocycles. The monoisotopic (exact) mass is 320 g/mol. The summed E-state index contributed by atoms with van der Waals surface area (Å²) in [5.74, 6) is -2.06. The molecule has 2 amide bonds. The second-order valence-electron chi connectivity index (χ2n) is 4.05. The predicted octanol–water partition coefficient (Wildman–Crippen LogP) is 1.11. The van der Waals surface area contributed by atoms with E-state index in [0.29, 0.717) is 5.75 Å². The van der Waals surface area contributed by atoms with Crippen molar-refractivity contribution >= 4 is 11.8 Å². The summed E-state index contributed by atoms with van der Waals surface area (Å²) < 4.78 is 46.0. The Labute approximate surface area is 124 Å². The maximum absolute atomic E-state index is 12.0. The number of carbonyl (C=O) groups is 2. The Morgan fingerprint density at radius 1 is 1.09 bits per heavy atom. The van der Waals surface area contributed by atoms with Crippen molar-refractivity contribution in [3.8, 4) is 11.5 Å². The van der Waals surface area contributed by atoms with Gasteiger partial charge in [-0.25, -0.2) is 0 Å². The van der Waals surface area contributed by atoms with E-state index in [2.05, 4.69) is 5.32 Å². The molecular weight excluding hydrogens is 305 g/mol. The van der Waals surface area contributed by atoms with Gasteiger partial charge in [-0.05, 0) is 12.1 Å². The van der Waals surface area contributed by atoms with Crippen LogP contribution in [0.15, 0.2) is 18.2 Å². The molecule has 0 radical (unpaired) electrons. The lowest BCUT2D eigenvalue weighted by molar-refractivity contribution is -0.173. The van der Waals surface area contributed by atoms with Crippen LogP contribution in [0.2, 0.25) is 0 Å². The number of methoxy groups -OCH3 is 2. The summed E-state index contributed by atoms with van der Waals surface area (Å²) in [5, 5.41) is 4.02. The molecule has 0 heterocycles. The average molecular weight is 320 g/mol. The summed E-state index contributed by atoms with van der Waals surface area (Å²) in [6, 6.07) is 4.64. The Hall–Kier alpha value is -2.45. The maximum Gasteiger partial charge on any atom is 0.471 e. The fraction of sp³-hybridized carbons (Fsp3) is 0.385. The van der Waals surface area contributed by atoms with Crippen LogP contribution in [0.25, 0.3) is 0 Å². The van der Waals surface area contributed by atoms with Crippen LogP contribution in [0.5, 0.6) is 11.5 Å². The summed E-state index contributed by atoms with van der Waals surface area (Å²) in [5.41, 5.74) is 0.170. The molecule has 0 unspecified atom stereocenters. The third-order valence-corrected chi connectivity index (χ3v) is 2.60. The lowest BCUT2D eigenvalue weighted by atomic mass is 10.1. The van der Waals surface area contributed by atoms with E-state index in [1.807, 2.05) is 0 Å². The molecule has 1 rings (SSSR count). The van der Waals surface area contributed by atoms with Crippen molar-refractivity contribution in [2.45, 2.75) is 6.18 Å². The van der Waals surface area contributed by atoms with Crippen LogP contribution in [-0.4, -0.2) is 45.3 Å². The Morgan fingerprint density at radius 2 is 1.73 bits per heavy atom. The van der Waals surface area contributed by atoms with Crippen molar-refractivity contribution in [3.05, 3.63) is 23.8 Å². The molecule has 0 fully saturated rings. The Bertz CT molecular complexity index is 547. The second kappa shape index (κ2) is 7.53. The number of benzene rings is 1. The number of hydrogen-bond acceptors (Lipinski definition) is 4. The van der Waals surface area contributed by atoms with Crippen LogP contribution in [0, 0.1) is 0 Å². The molecule has 22 heavy (non-hydrogen) atoms. The third kappa shape index (κ3) is 4.54. The van der Waals surface area contributed by atoms with Crippen molar-refractivity contribution in [3.63, 3.8) is 0 Å². The number of rotatable bonds is 6. The molecule has 0 atom stereocenters. The lowest BCUT2D eigenvalue weighted by Crippen LogP contribution is -2.41. The highest BCUT2D eigenvalue weighted by molar-refractivity contribution is 5.97. The minimum Gasteiger partial charge on any atom is -0.493 e. The summed E-state index contributed by atoms with van der Waals surface area (Å²) in [7, 11) is 2.77. The van der Waals surface area contributed by atoms with Gasteiger partial charge in [-0.1, -0.05) is 6.07 Å². The first-order valence-corrected chi connectivity index (χ1v) is 6.15. The molecule has 2 N–H and O–H groups in total. The number of nitrogens with one attached hydrogen (secondary N) is 2. The van der Waals surface area contributed by atoms with Crippen LogP contribution >= 0.6 is 0 Å². The van der Waals surface area contributed by atoms with Gasteiger partial charge in [-0.15, -0.1) is 0 Å². The van der Waals surface area contributed by atoms with E-state index in [1.165, 1.54) is 20.3 Å². The van der Waals surface area contributed by atoms with E-state index in [9.17, 15) is 22.8 Å². The van der Waals surface area contributed by atoms with Crippen molar-refractivity contribution in [2.24, 2.45) is 0 Å². The van der Waals surface area contributed by atoms with E-state index in [4.69, 9.17) is 9.47 Å². The first-order chi connectivity index (χ1) is 10.3. The molecule has 0 aromatic heterocycles. The SMILES string of the molecule is COc1cccc(C(=O)NCCNC(=O)C(F)(F)F)c1OC. The van der Waals surface area contributed by atoms with E-state index in [0.717, 1.165) is 0 Å². The van der Waals surface area contributed by atoms with E-state index < -0.39 is 18.0 Å². The van der Waals surface area contributed by atoms with Crippen LogP contribution in [0.3, 0.4) is 0 Å². The first kappa shape index (κ1) is 17.6. The van der Waals surface area contributed by atoms with Gasteiger partial charge >= 0.3 is 12.1 Å². The van der Waals surface area contributed by atoms with Gasteiger partial charge in [0.2, 0.25) is 0 Å². The van der Waals surface area contributed by atoms with Crippen molar-refractivity contribution in [2.75, 3.05) is 27.3 Å². The third-order valence-electron chi connectivity index (χ3n) is 2.60. The number of alkyl halides is 3. The molecule has 0 spiro atoms. The summed E-state index contributed by atoms with van der Waals surface area (Å²) >= 11 is 0. The molecular formula is C13H15F3N2O4. The summed E-state index contributed by atoms with van der Waals surface area (Å²) in [4.78, 5) is 22.5. The first-order valence-electron chi connectivity index (χ1n) is 6.15. The zero-order valence-corrected chi connectivity index (χ0v) is 11.9. The smallest absolute Gasteiger partial charge is 0.471 e. The molecule has 1 aromatic carbocycles. The maximum atomic E-state index is 12.0. The summed E-state index contributed by atoms with van der Waals surface area (Å²) in [6.45, 7) is -0.516. The molecule has 9 heteroatoms. The van der Waals surface area contributed by atoms with Gasteiger partial charge in [-0.3, -0.25) is 9.59 Å². The number of carbonyl (C=O) groups excluding carboxylic acids is 2. The van der Waals surface area contributed by atoms with E-state index >= 15 is 0 Å². The fourth-order valence-corrected chi connectivity index (χ4v) is 1.61. The van der Waals surface area contributed by atoms with Gasteiger partial charge in [0.05, 0.1) is 19.8 Å². The van der Waals surface area contributed by atoms with Gasteiger partial charge in [0, 0.05) is 13.1 Å². The van der Waals surface area contributed by atoms with Gasteiger partial charge in [0.15, 0.2) is 11.5 Å². The Morgan fingerprint density at radius 3 is 2.27 bits per heavy atom. The number of halogens is 3. The average Bonchev–Trinajstić information content (AvgIpc) is 2.48. The highest BCUT2D eigenvalue weighted by Crippen LogP contribution is 2.30. The lowest BCUT2D eigenvalue weighted by Gasteiger charge is -2.13. The van der Waals surface area contributed by atoms with Crippen molar-refractivity contribution in [1.82, 2.24) is 10.6 Å². The number of hydrogen-bond donors (Lipinski definition) is 2. The van der Waals surface area contributed by atoms with Crippen LogP contribution in [0.1, 0.15) is 10.4 Å². The van der Waals surface area contributed by atoms with Crippen LogP contribution in [0.4, 0.5) is 13.2 Å². The second-order valence-corrected chi connectivity index (χ2v) is 4.05. The highest BCUT2D eigenvalue weighted by Gasteiger charge is 2.38. The molecule has 0 saturated carbocycles. The van der Waals surface area contributed by atoms with Crippen LogP contribution in [-0.2, 0) is 4.79 Å². The standard InChI is InChI=1S/C13H15F3N2O4/c1-21-9-5-3-4-8(10(9)22-2)11(19)17-6-7-18-12(20)13(14,15)16/h3-5H,6-7H2,1-2H3,(H,17,19)(H,18,20). The molecule has 0 aliphatic carbocycles.